The number of ether oxygens (including phenoxy) is 1. The van der Waals surface area contributed by atoms with Gasteiger partial charge in [0.25, 0.3) is 5.91 Å². The van der Waals surface area contributed by atoms with Crippen molar-refractivity contribution in [3.8, 4) is 5.75 Å². The third-order valence-corrected chi connectivity index (χ3v) is 7.68. The summed E-state index contributed by atoms with van der Waals surface area (Å²) in [4.78, 5) is 16.0. The molecular formula is C23H33N3O4S. The highest BCUT2D eigenvalue weighted by molar-refractivity contribution is 7.89. The van der Waals surface area contributed by atoms with Crippen molar-refractivity contribution in [1.82, 2.24) is 14.6 Å². The van der Waals surface area contributed by atoms with Crippen LogP contribution in [-0.4, -0.2) is 42.8 Å². The van der Waals surface area contributed by atoms with Crippen LogP contribution in [0.2, 0.25) is 0 Å². The fraction of sp³-hybridized carbons (Fsp3) is 0.522. The van der Waals surface area contributed by atoms with E-state index in [9.17, 15) is 13.2 Å². The van der Waals surface area contributed by atoms with E-state index in [1.807, 2.05) is 38.1 Å². The molecule has 2 aromatic rings. The van der Waals surface area contributed by atoms with Gasteiger partial charge in [-0.2, -0.15) is 4.31 Å². The van der Waals surface area contributed by atoms with Gasteiger partial charge < -0.3 is 15.0 Å². The number of H-pyrrole nitrogens is 1. The lowest BCUT2D eigenvalue weighted by Gasteiger charge is -2.20. The molecule has 1 amide bonds. The molecule has 8 heteroatoms. The Hall–Kier alpha value is -2.32. The second-order valence-electron chi connectivity index (χ2n) is 8.39. The Morgan fingerprint density at radius 3 is 2.29 bits per heavy atom. The zero-order chi connectivity index (χ0) is 22.6. The molecule has 2 N–H and O–H groups in total. The molecule has 1 aliphatic heterocycles. The molecule has 7 nitrogen and oxygen atoms in total. The molecule has 0 unspecified atom stereocenters. The van der Waals surface area contributed by atoms with Gasteiger partial charge in [-0.25, -0.2) is 8.42 Å². The monoisotopic (exact) mass is 447 g/mol. The summed E-state index contributed by atoms with van der Waals surface area (Å²) >= 11 is 0. The van der Waals surface area contributed by atoms with E-state index in [-0.39, 0.29) is 16.9 Å². The lowest BCUT2D eigenvalue weighted by molar-refractivity contribution is 0.0945. The molecular weight excluding hydrogens is 414 g/mol. The summed E-state index contributed by atoms with van der Waals surface area (Å²) in [6, 6.07) is 7.55. The molecule has 0 saturated carbocycles. The molecule has 3 rings (SSSR count). The van der Waals surface area contributed by atoms with E-state index in [0.717, 1.165) is 37.0 Å². The van der Waals surface area contributed by atoms with Crippen LogP contribution in [0.1, 0.15) is 66.8 Å². The molecule has 1 aromatic heterocycles. The summed E-state index contributed by atoms with van der Waals surface area (Å²) in [7, 11) is -3.63. The second kappa shape index (κ2) is 9.87. The number of sulfonamides is 1. The predicted octanol–water partition coefficient (Wildman–Crippen LogP) is 3.91. The van der Waals surface area contributed by atoms with Crippen LogP contribution in [0.15, 0.2) is 29.2 Å². The first-order valence-electron chi connectivity index (χ1n) is 10.9. The van der Waals surface area contributed by atoms with Crippen LogP contribution in [0, 0.1) is 13.8 Å². The molecule has 31 heavy (non-hydrogen) atoms. The van der Waals surface area contributed by atoms with Crippen molar-refractivity contribution in [3.05, 3.63) is 46.8 Å². The number of aromatic amines is 1. The topological polar surface area (TPSA) is 91.5 Å². The summed E-state index contributed by atoms with van der Waals surface area (Å²) in [5.74, 6) is 0.463. The number of benzene rings is 1. The maximum Gasteiger partial charge on any atom is 0.268 e. The van der Waals surface area contributed by atoms with E-state index >= 15 is 0 Å². The molecule has 1 saturated heterocycles. The normalized spacial score (nSPS) is 15.6. The van der Waals surface area contributed by atoms with Crippen LogP contribution in [0.3, 0.4) is 0 Å². The first-order chi connectivity index (χ1) is 14.7. The number of amides is 1. The average molecular weight is 448 g/mol. The van der Waals surface area contributed by atoms with E-state index < -0.39 is 10.0 Å². The highest BCUT2D eigenvalue weighted by Crippen LogP contribution is 2.28. The first-order valence-corrected chi connectivity index (χ1v) is 12.4. The maximum atomic E-state index is 13.3. The number of nitrogens with one attached hydrogen (secondary N) is 2. The number of aryl methyl sites for hydroxylation is 1. The van der Waals surface area contributed by atoms with E-state index in [4.69, 9.17) is 4.74 Å². The van der Waals surface area contributed by atoms with E-state index in [0.29, 0.717) is 36.6 Å². The van der Waals surface area contributed by atoms with Gasteiger partial charge in [0.1, 0.15) is 16.3 Å². The van der Waals surface area contributed by atoms with E-state index in [1.165, 1.54) is 0 Å². The Bertz CT molecular complexity index is 1000. The Balaban J connectivity index is 1.72. The van der Waals surface area contributed by atoms with Gasteiger partial charge in [-0.05, 0) is 63.8 Å². The highest BCUT2D eigenvalue weighted by atomic mass is 32.2. The highest BCUT2D eigenvalue weighted by Gasteiger charge is 2.31. The fourth-order valence-electron chi connectivity index (χ4n) is 3.99. The number of carbonyl (C=O) groups excluding carboxylic acids is 1. The lowest BCUT2D eigenvalue weighted by Crippen LogP contribution is -2.32. The molecule has 2 heterocycles. The van der Waals surface area contributed by atoms with Gasteiger partial charge in [0.2, 0.25) is 10.0 Å². The number of hydrogen-bond donors (Lipinski definition) is 2. The molecule has 0 aliphatic carbocycles. The minimum absolute atomic E-state index is 0.101. The van der Waals surface area contributed by atoms with Gasteiger partial charge in [-0.3, -0.25) is 4.79 Å². The Morgan fingerprint density at radius 2 is 1.71 bits per heavy atom. The van der Waals surface area contributed by atoms with Crippen molar-refractivity contribution in [2.24, 2.45) is 0 Å². The zero-order valence-corrected chi connectivity index (χ0v) is 19.6. The predicted molar refractivity (Wildman–Crippen MR) is 121 cm³/mol. The standard InChI is InChI=1S/C23H33N3O4S/c1-16(2)30-20-11-9-19(10-12-20)15-24-23(27)21-17(3)22(18(4)25-21)31(28,29)26-13-7-5-6-8-14-26/h9-12,16,25H,5-8,13-15H2,1-4H3,(H,24,27). The van der Waals surface area contributed by atoms with Gasteiger partial charge >= 0.3 is 0 Å². The van der Waals surface area contributed by atoms with Gasteiger partial charge in [-0.15, -0.1) is 0 Å². The van der Waals surface area contributed by atoms with Gasteiger partial charge in [-0.1, -0.05) is 25.0 Å². The molecule has 0 radical (unpaired) electrons. The second-order valence-corrected chi connectivity index (χ2v) is 10.3. The molecule has 0 atom stereocenters. The summed E-state index contributed by atoms with van der Waals surface area (Å²) in [5, 5.41) is 2.88. The molecule has 0 spiro atoms. The van der Waals surface area contributed by atoms with Crippen LogP contribution in [0.4, 0.5) is 0 Å². The quantitative estimate of drug-likeness (QED) is 0.673. The van der Waals surface area contributed by atoms with Crippen LogP contribution in [0.5, 0.6) is 5.75 Å². The van der Waals surface area contributed by atoms with Gasteiger partial charge in [0.15, 0.2) is 0 Å². The minimum Gasteiger partial charge on any atom is -0.491 e. The summed E-state index contributed by atoms with van der Waals surface area (Å²) in [5.41, 5.74) is 2.20. The fourth-order valence-corrected chi connectivity index (χ4v) is 5.91. The van der Waals surface area contributed by atoms with Crippen molar-refractivity contribution >= 4 is 15.9 Å². The smallest absolute Gasteiger partial charge is 0.268 e. The van der Waals surface area contributed by atoms with Crippen molar-refractivity contribution in [1.29, 1.82) is 0 Å². The van der Waals surface area contributed by atoms with Crippen molar-refractivity contribution in [2.45, 2.75) is 70.9 Å². The number of rotatable bonds is 7. The minimum atomic E-state index is -3.63. The number of carbonyl (C=O) groups is 1. The summed E-state index contributed by atoms with van der Waals surface area (Å²) in [6.45, 7) is 8.75. The van der Waals surface area contributed by atoms with Gasteiger partial charge in [0, 0.05) is 25.3 Å². The molecule has 1 aliphatic rings. The average Bonchev–Trinajstić information content (AvgIpc) is 2.89. The van der Waals surface area contributed by atoms with Crippen LogP contribution < -0.4 is 10.1 Å². The van der Waals surface area contributed by atoms with E-state index in [1.54, 1.807) is 18.2 Å². The van der Waals surface area contributed by atoms with Crippen LogP contribution in [-0.2, 0) is 16.6 Å². The van der Waals surface area contributed by atoms with Crippen LogP contribution >= 0.6 is 0 Å². The van der Waals surface area contributed by atoms with E-state index in [2.05, 4.69) is 10.3 Å². The molecule has 1 aromatic carbocycles. The Labute approximate surface area is 185 Å². The molecule has 1 fully saturated rings. The third kappa shape index (κ3) is 5.49. The van der Waals surface area contributed by atoms with Crippen molar-refractivity contribution in [3.63, 3.8) is 0 Å². The van der Waals surface area contributed by atoms with Crippen molar-refractivity contribution in [2.75, 3.05) is 13.1 Å². The molecule has 170 valence electrons. The Morgan fingerprint density at radius 1 is 1.10 bits per heavy atom. The van der Waals surface area contributed by atoms with Crippen LogP contribution in [0.25, 0.3) is 0 Å². The lowest BCUT2D eigenvalue weighted by atomic mass is 10.2. The third-order valence-electron chi connectivity index (χ3n) is 5.51. The number of aromatic nitrogens is 1. The van der Waals surface area contributed by atoms with Gasteiger partial charge in [0.05, 0.1) is 6.10 Å². The summed E-state index contributed by atoms with van der Waals surface area (Å²) in [6.07, 6.45) is 3.95. The number of hydrogen-bond acceptors (Lipinski definition) is 4. The maximum absolute atomic E-state index is 13.3. The van der Waals surface area contributed by atoms with Crippen molar-refractivity contribution < 1.29 is 17.9 Å². The Kier molecular flexibility index (Phi) is 7.43. The number of nitrogens with zero attached hydrogens (tertiary/aromatic N) is 1. The zero-order valence-electron chi connectivity index (χ0n) is 18.8. The molecule has 0 bridgehead atoms. The largest absolute Gasteiger partial charge is 0.491 e. The summed E-state index contributed by atoms with van der Waals surface area (Å²) < 4.78 is 33.7. The SMILES string of the molecule is Cc1[nH]c(C(=O)NCc2ccc(OC(C)C)cc2)c(C)c1S(=O)(=O)N1CCCCCC1. The first kappa shape index (κ1) is 23.3.